The van der Waals surface area contributed by atoms with Crippen molar-refractivity contribution in [3.05, 3.63) is 18.1 Å². The third-order valence-corrected chi connectivity index (χ3v) is 4.65. The van der Waals surface area contributed by atoms with Crippen LogP contribution in [0.5, 0.6) is 0 Å². The molecule has 22 heavy (non-hydrogen) atoms. The Morgan fingerprint density at radius 2 is 1.64 bits per heavy atom. The molecule has 1 aromatic rings. The average Bonchev–Trinajstić information content (AvgIpc) is 2.44. The SMILES string of the molecule is CC(C)(C)CCC1CCN(c2cnc(C(C)(C)C)cn2)CC1. The number of hydrogen-bond acceptors (Lipinski definition) is 3. The van der Waals surface area contributed by atoms with Gasteiger partial charge in [-0.2, -0.15) is 0 Å². The van der Waals surface area contributed by atoms with E-state index < -0.39 is 0 Å². The first-order valence-electron chi connectivity index (χ1n) is 8.73. The summed E-state index contributed by atoms with van der Waals surface area (Å²) in [5, 5.41) is 0. The number of piperidine rings is 1. The molecule has 0 amide bonds. The lowest BCUT2D eigenvalue weighted by molar-refractivity contribution is 0.292. The molecule has 1 fully saturated rings. The Morgan fingerprint density at radius 1 is 1.00 bits per heavy atom. The molecule has 0 N–H and O–H groups in total. The lowest BCUT2D eigenvalue weighted by Crippen LogP contribution is -2.34. The van der Waals surface area contributed by atoms with Crippen molar-refractivity contribution in [2.75, 3.05) is 18.0 Å². The van der Waals surface area contributed by atoms with Crippen LogP contribution in [0, 0.1) is 11.3 Å². The molecule has 3 nitrogen and oxygen atoms in total. The first-order valence-corrected chi connectivity index (χ1v) is 8.73. The summed E-state index contributed by atoms with van der Waals surface area (Å²) in [6, 6.07) is 0. The minimum Gasteiger partial charge on any atom is -0.355 e. The van der Waals surface area contributed by atoms with Crippen molar-refractivity contribution in [1.82, 2.24) is 9.97 Å². The number of anilines is 1. The van der Waals surface area contributed by atoms with E-state index in [0.29, 0.717) is 5.41 Å². The molecule has 0 unspecified atom stereocenters. The van der Waals surface area contributed by atoms with Crippen LogP contribution in [0.1, 0.15) is 72.9 Å². The maximum absolute atomic E-state index is 4.64. The van der Waals surface area contributed by atoms with Gasteiger partial charge in [0.05, 0.1) is 18.1 Å². The third kappa shape index (κ3) is 4.96. The van der Waals surface area contributed by atoms with Crippen LogP contribution < -0.4 is 4.90 Å². The van der Waals surface area contributed by atoms with Crippen LogP contribution >= 0.6 is 0 Å². The first kappa shape index (κ1) is 17.2. The lowest BCUT2D eigenvalue weighted by atomic mass is 9.83. The Hall–Kier alpha value is -1.12. The molecule has 0 spiro atoms. The van der Waals surface area contributed by atoms with E-state index >= 15 is 0 Å². The molecule has 124 valence electrons. The number of aromatic nitrogens is 2. The van der Waals surface area contributed by atoms with Gasteiger partial charge < -0.3 is 4.90 Å². The minimum absolute atomic E-state index is 0.0749. The van der Waals surface area contributed by atoms with Gasteiger partial charge in [-0.25, -0.2) is 4.98 Å². The van der Waals surface area contributed by atoms with E-state index in [1.165, 1.54) is 25.7 Å². The van der Waals surface area contributed by atoms with Crippen LogP contribution in [0.15, 0.2) is 12.4 Å². The normalized spacial score (nSPS) is 17.8. The molecule has 2 heterocycles. The van der Waals surface area contributed by atoms with Crippen molar-refractivity contribution in [2.45, 2.75) is 72.6 Å². The second-order valence-electron chi connectivity index (χ2n) is 9.04. The number of rotatable bonds is 3. The van der Waals surface area contributed by atoms with E-state index in [1.54, 1.807) is 0 Å². The fourth-order valence-electron chi connectivity index (χ4n) is 2.96. The molecule has 1 saturated heterocycles. The smallest absolute Gasteiger partial charge is 0.147 e. The molecule has 0 atom stereocenters. The maximum Gasteiger partial charge on any atom is 0.147 e. The van der Waals surface area contributed by atoms with Gasteiger partial charge in [-0.1, -0.05) is 41.5 Å². The van der Waals surface area contributed by atoms with E-state index in [4.69, 9.17) is 0 Å². The van der Waals surface area contributed by atoms with Gasteiger partial charge in [-0.3, -0.25) is 4.98 Å². The Labute approximate surface area is 136 Å². The van der Waals surface area contributed by atoms with Gasteiger partial charge in [0.2, 0.25) is 0 Å². The standard InChI is InChI=1S/C19H33N3/c1-18(2,3)10-7-15-8-11-22(12-9-15)17-14-20-16(13-21-17)19(4,5)6/h13-15H,7-12H2,1-6H3. The van der Waals surface area contributed by atoms with E-state index in [-0.39, 0.29) is 5.41 Å². The average molecular weight is 303 g/mol. The summed E-state index contributed by atoms with van der Waals surface area (Å²) in [5.74, 6) is 1.93. The molecule has 0 saturated carbocycles. The fourth-order valence-corrected chi connectivity index (χ4v) is 2.96. The summed E-state index contributed by atoms with van der Waals surface area (Å²) in [7, 11) is 0. The van der Waals surface area contributed by atoms with E-state index in [0.717, 1.165) is 30.5 Å². The quantitative estimate of drug-likeness (QED) is 0.802. The molecule has 0 bridgehead atoms. The van der Waals surface area contributed by atoms with Gasteiger partial charge in [0.25, 0.3) is 0 Å². The lowest BCUT2D eigenvalue weighted by Gasteiger charge is -2.34. The predicted molar refractivity (Wildman–Crippen MR) is 94.4 cm³/mol. The first-order chi connectivity index (χ1) is 10.1. The molecule has 0 radical (unpaired) electrons. The Balaban J connectivity index is 1.86. The molecule has 1 aliphatic heterocycles. The largest absolute Gasteiger partial charge is 0.355 e. The van der Waals surface area contributed by atoms with Crippen LogP contribution in [0.3, 0.4) is 0 Å². The summed E-state index contributed by atoms with van der Waals surface area (Å²) >= 11 is 0. The summed E-state index contributed by atoms with van der Waals surface area (Å²) in [5.41, 5.74) is 1.60. The Kier molecular flexibility index (Phi) is 5.14. The van der Waals surface area contributed by atoms with Crippen LogP contribution in [-0.2, 0) is 5.41 Å². The molecule has 2 rings (SSSR count). The molecule has 1 aliphatic rings. The molecular weight excluding hydrogens is 270 g/mol. The highest BCUT2D eigenvalue weighted by atomic mass is 15.2. The topological polar surface area (TPSA) is 29.0 Å². The van der Waals surface area contributed by atoms with Crippen molar-refractivity contribution in [3.8, 4) is 0 Å². The van der Waals surface area contributed by atoms with Gasteiger partial charge in [0.15, 0.2) is 0 Å². The monoisotopic (exact) mass is 303 g/mol. The zero-order chi connectivity index (χ0) is 16.4. The van der Waals surface area contributed by atoms with Crippen molar-refractivity contribution in [2.24, 2.45) is 11.3 Å². The summed E-state index contributed by atoms with van der Waals surface area (Å²) in [6.45, 7) is 15.8. The Bertz CT molecular complexity index is 457. The number of hydrogen-bond donors (Lipinski definition) is 0. The van der Waals surface area contributed by atoms with Gasteiger partial charge >= 0.3 is 0 Å². The van der Waals surface area contributed by atoms with Crippen LogP contribution in [0.25, 0.3) is 0 Å². The van der Waals surface area contributed by atoms with Crippen molar-refractivity contribution < 1.29 is 0 Å². The van der Waals surface area contributed by atoms with Crippen LogP contribution in [-0.4, -0.2) is 23.1 Å². The second kappa shape index (κ2) is 6.55. The van der Waals surface area contributed by atoms with Gasteiger partial charge in [-0.15, -0.1) is 0 Å². The van der Waals surface area contributed by atoms with E-state index in [9.17, 15) is 0 Å². The zero-order valence-corrected chi connectivity index (χ0v) is 15.3. The van der Waals surface area contributed by atoms with Gasteiger partial charge in [0, 0.05) is 18.5 Å². The third-order valence-electron chi connectivity index (χ3n) is 4.65. The summed E-state index contributed by atoms with van der Waals surface area (Å²) in [4.78, 5) is 11.6. The highest BCUT2D eigenvalue weighted by Gasteiger charge is 2.23. The molecule has 0 aliphatic carbocycles. The number of nitrogens with zero attached hydrogens (tertiary/aromatic N) is 3. The van der Waals surface area contributed by atoms with Crippen LogP contribution in [0.2, 0.25) is 0 Å². The van der Waals surface area contributed by atoms with E-state index in [2.05, 4.69) is 56.4 Å². The van der Waals surface area contributed by atoms with Crippen molar-refractivity contribution in [1.29, 1.82) is 0 Å². The highest BCUT2D eigenvalue weighted by Crippen LogP contribution is 2.30. The second-order valence-corrected chi connectivity index (χ2v) is 9.04. The Morgan fingerprint density at radius 3 is 2.09 bits per heavy atom. The molecule has 3 heteroatoms. The minimum atomic E-state index is 0.0749. The maximum atomic E-state index is 4.64. The fraction of sp³-hybridized carbons (Fsp3) is 0.789. The summed E-state index contributed by atoms with van der Waals surface area (Å²) in [6.07, 6.45) is 9.18. The molecular formula is C19H33N3. The molecule has 1 aromatic heterocycles. The van der Waals surface area contributed by atoms with Crippen LogP contribution in [0.4, 0.5) is 5.82 Å². The molecule has 0 aromatic carbocycles. The summed E-state index contributed by atoms with van der Waals surface area (Å²) < 4.78 is 0. The van der Waals surface area contributed by atoms with Gasteiger partial charge in [0.1, 0.15) is 5.82 Å². The van der Waals surface area contributed by atoms with Crippen molar-refractivity contribution in [3.63, 3.8) is 0 Å². The highest BCUT2D eigenvalue weighted by molar-refractivity contribution is 5.36. The zero-order valence-electron chi connectivity index (χ0n) is 15.3. The van der Waals surface area contributed by atoms with Crippen molar-refractivity contribution >= 4 is 5.82 Å². The van der Waals surface area contributed by atoms with E-state index in [1.807, 2.05) is 12.4 Å². The van der Waals surface area contributed by atoms with Gasteiger partial charge in [-0.05, 0) is 37.0 Å². The predicted octanol–water partition coefficient (Wildman–Crippen LogP) is 4.82.